The van der Waals surface area contributed by atoms with Gasteiger partial charge in [0.25, 0.3) is 0 Å². The van der Waals surface area contributed by atoms with Crippen molar-refractivity contribution in [3.05, 3.63) is 66.2 Å². The molecular weight excluding hydrogens is 264 g/mol. The Bertz CT molecular complexity index is 649. The summed E-state index contributed by atoms with van der Waals surface area (Å²) in [5, 5.41) is 3.96. The predicted octanol–water partition coefficient (Wildman–Crippen LogP) is 2.86. The molecule has 4 nitrogen and oxygen atoms in total. The number of hydrogen-bond donors (Lipinski definition) is 1. The van der Waals surface area contributed by atoms with Crippen LogP contribution in [0.25, 0.3) is 0 Å². The molecule has 0 fully saturated rings. The molecule has 21 heavy (non-hydrogen) atoms. The monoisotopic (exact) mass is 280 g/mol. The number of nitrogens with zero attached hydrogens (tertiary/aromatic N) is 1. The lowest BCUT2D eigenvalue weighted by atomic mass is 10.0. The van der Waals surface area contributed by atoms with Gasteiger partial charge in [-0.15, -0.1) is 0 Å². The van der Waals surface area contributed by atoms with Crippen molar-refractivity contribution in [1.29, 1.82) is 0 Å². The molecule has 2 aromatic carbocycles. The molecule has 2 rings (SSSR count). The van der Waals surface area contributed by atoms with Crippen LogP contribution in [0.1, 0.15) is 12.5 Å². The van der Waals surface area contributed by atoms with E-state index in [1.807, 2.05) is 60.7 Å². The molecule has 0 heterocycles. The normalized spacial score (nSPS) is 11.0. The van der Waals surface area contributed by atoms with E-state index in [9.17, 15) is 9.59 Å². The van der Waals surface area contributed by atoms with Crippen molar-refractivity contribution < 1.29 is 9.59 Å². The van der Waals surface area contributed by atoms with Crippen molar-refractivity contribution in [3.63, 3.8) is 0 Å². The first-order chi connectivity index (χ1) is 10.2. The van der Waals surface area contributed by atoms with Crippen LogP contribution in [0.2, 0.25) is 0 Å². The fraction of sp³-hybridized carbons (Fsp3) is 0.118. The Hall–Kier alpha value is -2.75. The summed E-state index contributed by atoms with van der Waals surface area (Å²) >= 11 is 0. The molecule has 0 aromatic heterocycles. The molecule has 0 radical (unpaired) electrons. The van der Waals surface area contributed by atoms with Crippen molar-refractivity contribution in [2.24, 2.45) is 5.10 Å². The van der Waals surface area contributed by atoms with Crippen LogP contribution >= 0.6 is 0 Å². The number of Topliss-reactive ketones (excluding diaryl/α,β-unsaturated/α-hetero) is 2. The van der Waals surface area contributed by atoms with Gasteiger partial charge in [-0.2, -0.15) is 5.10 Å². The van der Waals surface area contributed by atoms with Gasteiger partial charge in [-0.1, -0.05) is 48.5 Å². The first-order valence-corrected chi connectivity index (χ1v) is 6.63. The van der Waals surface area contributed by atoms with Crippen LogP contribution in [0.15, 0.2) is 65.8 Å². The minimum Gasteiger partial charge on any atom is -0.293 e. The maximum Gasteiger partial charge on any atom is 0.191 e. The van der Waals surface area contributed by atoms with Crippen molar-refractivity contribution in [2.75, 3.05) is 5.43 Å². The standard InChI is InChI=1S/C17H16N2O2/c1-13(20)17(19-18-15-10-6-3-7-11-15)16(21)12-14-8-4-2-5-9-14/h2-11,18H,12H2,1H3. The Morgan fingerprint density at radius 1 is 0.952 bits per heavy atom. The highest BCUT2D eigenvalue weighted by molar-refractivity contribution is 6.65. The molecule has 0 bridgehead atoms. The predicted molar refractivity (Wildman–Crippen MR) is 83.3 cm³/mol. The van der Waals surface area contributed by atoms with Gasteiger partial charge >= 0.3 is 0 Å². The zero-order chi connectivity index (χ0) is 15.1. The number of para-hydroxylation sites is 1. The molecule has 0 atom stereocenters. The zero-order valence-corrected chi connectivity index (χ0v) is 11.7. The third kappa shape index (κ3) is 4.38. The van der Waals surface area contributed by atoms with Gasteiger partial charge in [-0.3, -0.25) is 15.0 Å². The highest BCUT2D eigenvalue weighted by atomic mass is 16.1. The summed E-state index contributed by atoms with van der Waals surface area (Å²) in [6.07, 6.45) is 0.162. The number of hydrogen-bond acceptors (Lipinski definition) is 4. The molecule has 0 aliphatic heterocycles. The van der Waals surface area contributed by atoms with E-state index in [4.69, 9.17) is 0 Å². The molecule has 4 heteroatoms. The fourth-order valence-corrected chi connectivity index (χ4v) is 1.84. The molecular formula is C17H16N2O2. The first-order valence-electron chi connectivity index (χ1n) is 6.63. The lowest BCUT2D eigenvalue weighted by Crippen LogP contribution is -2.25. The number of rotatable bonds is 6. The van der Waals surface area contributed by atoms with E-state index < -0.39 is 0 Å². The summed E-state index contributed by atoms with van der Waals surface area (Å²) in [7, 11) is 0. The Morgan fingerprint density at radius 3 is 2.10 bits per heavy atom. The van der Waals surface area contributed by atoms with E-state index in [-0.39, 0.29) is 23.7 Å². The van der Waals surface area contributed by atoms with Gasteiger partial charge in [0.1, 0.15) is 0 Å². The van der Waals surface area contributed by atoms with E-state index in [1.54, 1.807) is 0 Å². The zero-order valence-electron chi connectivity index (χ0n) is 11.7. The molecule has 0 saturated carbocycles. The van der Waals surface area contributed by atoms with Crippen LogP contribution in [0.4, 0.5) is 5.69 Å². The van der Waals surface area contributed by atoms with Gasteiger partial charge in [0, 0.05) is 13.3 Å². The smallest absolute Gasteiger partial charge is 0.191 e. The molecule has 0 unspecified atom stereocenters. The number of anilines is 1. The number of ketones is 2. The van der Waals surface area contributed by atoms with Crippen molar-refractivity contribution >= 4 is 23.0 Å². The summed E-state index contributed by atoms with van der Waals surface area (Å²) in [5.74, 6) is -0.642. The van der Waals surface area contributed by atoms with E-state index in [0.29, 0.717) is 0 Å². The third-order valence-corrected chi connectivity index (χ3v) is 2.88. The molecule has 1 N–H and O–H groups in total. The molecule has 0 spiro atoms. The van der Waals surface area contributed by atoms with E-state index in [2.05, 4.69) is 10.5 Å². The number of carbonyl (C=O) groups excluding carboxylic acids is 2. The molecule has 0 amide bonds. The summed E-state index contributed by atoms with van der Waals surface area (Å²) in [5.41, 5.74) is 4.26. The second-order valence-electron chi connectivity index (χ2n) is 4.58. The SMILES string of the molecule is CC(=O)C(=NNc1ccccc1)C(=O)Cc1ccccc1. The van der Waals surface area contributed by atoms with Crippen LogP contribution < -0.4 is 5.43 Å². The number of hydrazone groups is 1. The second-order valence-corrected chi connectivity index (χ2v) is 4.58. The van der Waals surface area contributed by atoms with Gasteiger partial charge < -0.3 is 0 Å². The number of nitrogens with one attached hydrogen (secondary N) is 1. The van der Waals surface area contributed by atoms with E-state index in [0.717, 1.165) is 11.3 Å². The van der Waals surface area contributed by atoms with Gasteiger partial charge in [-0.05, 0) is 17.7 Å². The molecule has 0 aliphatic rings. The minimum absolute atomic E-state index is 0.0669. The van der Waals surface area contributed by atoms with E-state index in [1.165, 1.54) is 6.92 Å². The van der Waals surface area contributed by atoms with Crippen LogP contribution in [0.5, 0.6) is 0 Å². The van der Waals surface area contributed by atoms with Crippen molar-refractivity contribution in [2.45, 2.75) is 13.3 Å². The van der Waals surface area contributed by atoms with Gasteiger partial charge in [0.2, 0.25) is 0 Å². The summed E-state index contributed by atoms with van der Waals surface area (Å²) < 4.78 is 0. The summed E-state index contributed by atoms with van der Waals surface area (Å²) in [6.45, 7) is 1.34. The first kappa shape index (κ1) is 14.7. The Kier molecular flexibility index (Phi) is 4.99. The average Bonchev–Trinajstić information content (AvgIpc) is 2.49. The fourth-order valence-electron chi connectivity index (χ4n) is 1.84. The highest BCUT2D eigenvalue weighted by Gasteiger charge is 2.17. The van der Waals surface area contributed by atoms with Gasteiger partial charge in [0.15, 0.2) is 17.3 Å². The van der Waals surface area contributed by atoms with Gasteiger partial charge in [0.05, 0.1) is 5.69 Å². The Balaban J connectivity index is 2.11. The molecule has 0 aliphatic carbocycles. The average molecular weight is 280 g/mol. The highest BCUT2D eigenvalue weighted by Crippen LogP contribution is 2.06. The molecule has 2 aromatic rings. The lowest BCUT2D eigenvalue weighted by Gasteiger charge is -2.04. The van der Waals surface area contributed by atoms with Gasteiger partial charge in [-0.25, -0.2) is 0 Å². The van der Waals surface area contributed by atoms with Crippen LogP contribution in [0, 0.1) is 0 Å². The number of benzene rings is 2. The largest absolute Gasteiger partial charge is 0.293 e. The minimum atomic E-state index is -0.348. The molecule has 0 saturated heterocycles. The Morgan fingerprint density at radius 2 is 1.52 bits per heavy atom. The summed E-state index contributed by atoms with van der Waals surface area (Å²) in [6, 6.07) is 18.5. The third-order valence-electron chi connectivity index (χ3n) is 2.88. The lowest BCUT2D eigenvalue weighted by molar-refractivity contribution is -0.115. The number of carbonyl (C=O) groups is 2. The van der Waals surface area contributed by atoms with Crippen LogP contribution in [0.3, 0.4) is 0 Å². The molecule has 106 valence electrons. The second kappa shape index (κ2) is 7.14. The van der Waals surface area contributed by atoms with Crippen molar-refractivity contribution in [3.8, 4) is 0 Å². The summed E-state index contributed by atoms with van der Waals surface area (Å²) in [4.78, 5) is 23.8. The maximum atomic E-state index is 12.2. The quantitative estimate of drug-likeness (QED) is 0.503. The van der Waals surface area contributed by atoms with Crippen LogP contribution in [-0.4, -0.2) is 17.3 Å². The Labute approximate surface area is 123 Å². The maximum absolute atomic E-state index is 12.2. The van der Waals surface area contributed by atoms with Crippen molar-refractivity contribution in [1.82, 2.24) is 0 Å². The van der Waals surface area contributed by atoms with E-state index >= 15 is 0 Å². The van der Waals surface area contributed by atoms with Crippen LogP contribution in [-0.2, 0) is 16.0 Å². The topological polar surface area (TPSA) is 58.5 Å².